The van der Waals surface area contributed by atoms with Crippen LogP contribution in [0.1, 0.15) is 12.5 Å². The Morgan fingerprint density at radius 1 is 1.03 bits per heavy atom. The molecule has 1 fully saturated rings. The van der Waals surface area contributed by atoms with E-state index in [2.05, 4.69) is 10.6 Å². The van der Waals surface area contributed by atoms with Crippen LogP contribution in [0.15, 0.2) is 70.5 Å². The third-order valence-electron chi connectivity index (χ3n) is 4.51. The lowest BCUT2D eigenvalue weighted by Crippen LogP contribution is -2.17. The molecule has 162 valence electrons. The molecule has 10 heteroatoms. The van der Waals surface area contributed by atoms with Crippen molar-refractivity contribution in [2.24, 2.45) is 0 Å². The summed E-state index contributed by atoms with van der Waals surface area (Å²) >= 11 is 0.729. The molecule has 0 spiro atoms. The first-order chi connectivity index (χ1) is 15.2. The van der Waals surface area contributed by atoms with E-state index in [0.29, 0.717) is 16.6 Å². The van der Waals surface area contributed by atoms with Crippen molar-refractivity contribution in [1.82, 2.24) is 5.32 Å². The Balaban J connectivity index is 1.76. The average Bonchev–Trinajstić information content (AvgIpc) is 3.06. The highest BCUT2D eigenvalue weighted by Crippen LogP contribution is 2.35. The summed E-state index contributed by atoms with van der Waals surface area (Å²) in [7, 11) is -4.22. The van der Waals surface area contributed by atoms with Gasteiger partial charge in [-0.1, -0.05) is 30.3 Å². The molecule has 0 aromatic heterocycles. The molecule has 2 N–H and O–H groups in total. The van der Waals surface area contributed by atoms with Crippen LogP contribution in [0.2, 0.25) is 0 Å². The zero-order valence-corrected chi connectivity index (χ0v) is 18.2. The molecule has 1 saturated heterocycles. The van der Waals surface area contributed by atoms with Crippen molar-refractivity contribution in [2.75, 3.05) is 5.32 Å². The van der Waals surface area contributed by atoms with E-state index in [9.17, 15) is 22.8 Å². The van der Waals surface area contributed by atoms with Crippen molar-refractivity contribution >= 4 is 61.5 Å². The number of thioether (sulfide) groups is 1. The summed E-state index contributed by atoms with van der Waals surface area (Å²) in [5.74, 6) is -0.830. The Kier molecular flexibility index (Phi) is 5.72. The molecular weight excluding hydrogens is 452 g/mol. The molecule has 0 aliphatic carbocycles. The Hall–Kier alpha value is -3.63. The second-order valence-corrected chi connectivity index (χ2v) is 9.35. The maximum Gasteiger partial charge on any atom is 0.339 e. The number of nitrogens with one attached hydrogen (secondary N) is 2. The SMILES string of the molecule is CC(=O)Nc1ccc(S(=O)(=O)Oc2ccc3ccccc3c2/C=C2\SC(=O)NC2=O)cc1. The van der Waals surface area contributed by atoms with E-state index in [1.54, 1.807) is 18.2 Å². The van der Waals surface area contributed by atoms with Crippen LogP contribution >= 0.6 is 11.8 Å². The predicted molar refractivity (Wildman–Crippen MR) is 122 cm³/mol. The molecule has 0 bridgehead atoms. The van der Waals surface area contributed by atoms with E-state index in [4.69, 9.17) is 4.18 Å². The van der Waals surface area contributed by atoms with Gasteiger partial charge in [0.15, 0.2) is 5.75 Å². The zero-order chi connectivity index (χ0) is 22.9. The summed E-state index contributed by atoms with van der Waals surface area (Å²) in [4.78, 5) is 34.8. The van der Waals surface area contributed by atoms with E-state index in [1.165, 1.54) is 43.3 Å². The number of rotatable bonds is 5. The second-order valence-electron chi connectivity index (χ2n) is 6.79. The van der Waals surface area contributed by atoms with Gasteiger partial charge in [-0.15, -0.1) is 0 Å². The average molecular weight is 469 g/mol. The van der Waals surface area contributed by atoms with Crippen molar-refractivity contribution in [3.63, 3.8) is 0 Å². The normalized spacial score (nSPS) is 15.1. The van der Waals surface area contributed by atoms with Crippen LogP contribution in [0.25, 0.3) is 16.8 Å². The van der Waals surface area contributed by atoms with Crippen LogP contribution < -0.4 is 14.8 Å². The number of imide groups is 1. The molecule has 1 aliphatic heterocycles. The third-order valence-corrected chi connectivity index (χ3v) is 6.57. The van der Waals surface area contributed by atoms with Crippen molar-refractivity contribution in [1.29, 1.82) is 0 Å². The van der Waals surface area contributed by atoms with E-state index >= 15 is 0 Å². The van der Waals surface area contributed by atoms with Crippen molar-refractivity contribution in [2.45, 2.75) is 11.8 Å². The van der Waals surface area contributed by atoms with Gasteiger partial charge in [-0.2, -0.15) is 8.42 Å². The Bertz CT molecular complexity index is 1400. The molecule has 3 amide bonds. The fraction of sp³-hybridized carbons (Fsp3) is 0.0455. The van der Waals surface area contributed by atoms with Gasteiger partial charge in [0.05, 0.1) is 4.91 Å². The summed E-state index contributed by atoms with van der Waals surface area (Å²) < 4.78 is 31.3. The van der Waals surface area contributed by atoms with Gasteiger partial charge in [0, 0.05) is 18.2 Å². The summed E-state index contributed by atoms with van der Waals surface area (Å²) in [5.41, 5.74) is 0.801. The first kappa shape index (κ1) is 21.6. The summed E-state index contributed by atoms with van der Waals surface area (Å²) in [6.07, 6.45) is 1.44. The van der Waals surface area contributed by atoms with Crippen LogP contribution in [0.4, 0.5) is 10.5 Å². The summed E-state index contributed by atoms with van der Waals surface area (Å²) in [6, 6.07) is 15.9. The predicted octanol–water partition coefficient (Wildman–Crippen LogP) is 3.89. The third kappa shape index (κ3) is 4.51. The maximum atomic E-state index is 12.9. The molecule has 1 aliphatic rings. The quantitative estimate of drug-likeness (QED) is 0.431. The van der Waals surface area contributed by atoms with Crippen molar-refractivity contribution in [3.05, 3.63) is 71.1 Å². The minimum Gasteiger partial charge on any atom is -0.378 e. The lowest BCUT2D eigenvalue weighted by molar-refractivity contribution is -0.115. The molecular formula is C22H16N2O6S2. The Morgan fingerprint density at radius 3 is 2.41 bits per heavy atom. The standard InChI is InChI=1S/C22H16N2O6S2/c1-13(25)23-15-7-9-16(10-8-15)32(28,29)30-19-11-6-14-4-2-3-5-17(14)18(19)12-20-21(26)24-22(27)31-20/h2-12H,1H3,(H,23,25)(H,24,26,27)/b20-12-. The molecule has 4 rings (SSSR count). The molecule has 0 saturated carbocycles. The summed E-state index contributed by atoms with van der Waals surface area (Å²) in [5, 5.41) is 5.69. The molecule has 3 aromatic carbocycles. The van der Waals surface area contributed by atoms with Gasteiger partial charge in [-0.3, -0.25) is 19.7 Å². The fourth-order valence-electron chi connectivity index (χ4n) is 3.12. The van der Waals surface area contributed by atoms with E-state index in [1.807, 2.05) is 12.1 Å². The van der Waals surface area contributed by atoms with Gasteiger partial charge in [-0.25, -0.2) is 0 Å². The molecule has 8 nitrogen and oxygen atoms in total. The molecule has 0 atom stereocenters. The van der Waals surface area contributed by atoms with E-state index < -0.39 is 21.3 Å². The monoisotopic (exact) mass is 468 g/mol. The van der Waals surface area contributed by atoms with Crippen molar-refractivity contribution < 1.29 is 27.0 Å². The number of carbonyl (C=O) groups excluding carboxylic acids is 3. The molecule has 0 radical (unpaired) electrons. The van der Waals surface area contributed by atoms with Crippen LogP contribution in [0.3, 0.4) is 0 Å². The maximum absolute atomic E-state index is 12.9. The van der Waals surface area contributed by atoms with Crippen LogP contribution in [-0.4, -0.2) is 25.5 Å². The van der Waals surface area contributed by atoms with Gasteiger partial charge < -0.3 is 9.50 Å². The first-order valence-electron chi connectivity index (χ1n) is 9.32. The van der Waals surface area contributed by atoms with Crippen LogP contribution in [-0.2, 0) is 19.7 Å². The highest BCUT2D eigenvalue weighted by atomic mass is 32.2. The molecule has 0 unspecified atom stereocenters. The van der Waals surface area contributed by atoms with Gasteiger partial charge in [0.1, 0.15) is 4.90 Å². The topological polar surface area (TPSA) is 119 Å². The highest BCUT2D eigenvalue weighted by Gasteiger charge is 2.27. The first-order valence-corrected chi connectivity index (χ1v) is 11.5. The number of amides is 3. The Labute approximate surface area is 187 Å². The number of hydrogen-bond donors (Lipinski definition) is 2. The number of benzene rings is 3. The van der Waals surface area contributed by atoms with Crippen LogP contribution in [0.5, 0.6) is 5.75 Å². The lowest BCUT2D eigenvalue weighted by atomic mass is 10.0. The smallest absolute Gasteiger partial charge is 0.339 e. The largest absolute Gasteiger partial charge is 0.378 e. The van der Waals surface area contributed by atoms with Gasteiger partial charge in [0.2, 0.25) is 5.91 Å². The molecule has 1 heterocycles. The van der Waals surface area contributed by atoms with E-state index in [-0.39, 0.29) is 21.5 Å². The summed E-state index contributed by atoms with van der Waals surface area (Å²) in [6.45, 7) is 1.35. The minimum absolute atomic E-state index is 0.00915. The Morgan fingerprint density at radius 2 is 1.75 bits per heavy atom. The fourth-order valence-corrected chi connectivity index (χ4v) is 4.74. The number of fused-ring (bicyclic) bond motifs is 1. The lowest BCUT2D eigenvalue weighted by Gasteiger charge is -2.13. The number of anilines is 1. The zero-order valence-electron chi connectivity index (χ0n) is 16.6. The highest BCUT2D eigenvalue weighted by molar-refractivity contribution is 8.18. The molecule has 3 aromatic rings. The van der Waals surface area contributed by atoms with Gasteiger partial charge in [0.25, 0.3) is 11.1 Å². The van der Waals surface area contributed by atoms with Crippen molar-refractivity contribution in [3.8, 4) is 5.75 Å². The number of carbonyl (C=O) groups is 3. The van der Waals surface area contributed by atoms with Gasteiger partial charge >= 0.3 is 10.1 Å². The van der Waals surface area contributed by atoms with Gasteiger partial charge in [-0.05, 0) is 58.9 Å². The van der Waals surface area contributed by atoms with E-state index in [0.717, 1.165) is 17.1 Å². The van der Waals surface area contributed by atoms with Crippen LogP contribution in [0, 0.1) is 0 Å². The number of hydrogen-bond acceptors (Lipinski definition) is 7. The minimum atomic E-state index is -4.22. The second kappa shape index (κ2) is 8.48. The molecule has 32 heavy (non-hydrogen) atoms.